The number of fused-ring (bicyclic) bond motifs is 1. The van der Waals surface area contributed by atoms with Gasteiger partial charge in [0.2, 0.25) is 5.91 Å². The quantitative estimate of drug-likeness (QED) is 0.753. The molecule has 0 bridgehead atoms. The average molecular weight is 422 g/mol. The molecular weight excluding hydrogens is 396 g/mol. The SMILES string of the molecule is Cc1c(C(O)CN2CCC3(CC2)CCN(c2cnccn2)C3=O)ccc2c1COC2=O. The van der Waals surface area contributed by atoms with Crippen LogP contribution in [0, 0.1) is 12.3 Å². The lowest BCUT2D eigenvalue weighted by Gasteiger charge is -2.38. The molecule has 1 amide bonds. The number of esters is 1. The molecule has 2 fully saturated rings. The number of cyclic esters (lactones) is 1. The molecule has 8 nitrogen and oxygen atoms in total. The van der Waals surface area contributed by atoms with Crippen LogP contribution in [0.3, 0.4) is 0 Å². The minimum Gasteiger partial charge on any atom is -0.457 e. The highest BCUT2D eigenvalue weighted by molar-refractivity contribution is 5.99. The molecule has 3 aliphatic rings. The molecule has 1 aromatic carbocycles. The molecule has 1 spiro atoms. The smallest absolute Gasteiger partial charge is 0.338 e. The Morgan fingerprint density at radius 3 is 2.68 bits per heavy atom. The van der Waals surface area contributed by atoms with E-state index in [0.29, 0.717) is 24.5 Å². The zero-order valence-corrected chi connectivity index (χ0v) is 17.6. The third-order valence-electron chi connectivity index (χ3n) is 7.15. The number of aliphatic hydroxyl groups excluding tert-OH is 1. The van der Waals surface area contributed by atoms with Crippen molar-refractivity contribution in [1.82, 2.24) is 14.9 Å². The molecule has 0 radical (unpaired) electrons. The van der Waals surface area contributed by atoms with Crippen LogP contribution in [-0.4, -0.2) is 58.0 Å². The number of anilines is 1. The van der Waals surface area contributed by atoms with Crippen LogP contribution in [0.2, 0.25) is 0 Å². The summed E-state index contributed by atoms with van der Waals surface area (Å²) in [5.41, 5.74) is 2.90. The van der Waals surface area contributed by atoms with Crippen molar-refractivity contribution in [3.8, 4) is 0 Å². The number of benzene rings is 1. The van der Waals surface area contributed by atoms with Crippen LogP contribution < -0.4 is 4.90 Å². The number of rotatable bonds is 4. The van der Waals surface area contributed by atoms with E-state index in [2.05, 4.69) is 14.9 Å². The summed E-state index contributed by atoms with van der Waals surface area (Å²) in [6.45, 7) is 4.92. The van der Waals surface area contributed by atoms with Gasteiger partial charge in [0.1, 0.15) is 6.61 Å². The van der Waals surface area contributed by atoms with Crippen molar-refractivity contribution < 1.29 is 19.4 Å². The molecule has 0 aliphatic carbocycles. The Hall–Kier alpha value is -2.84. The van der Waals surface area contributed by atoms with E-state index in [1.807, 2.05) is 13.0 Å². The molecule has 3 aliphatic heterocycles. The molecule has 0 saturated carbocycles. The number of hydrogen-bond acceptors (Lipinski definition) is 7. The Labute approximate surface area is 180 Å². The summed E-state index contributed by atoms with van der Waals surface area (Å²) in [6.07, 6.45) is 6.60. The third-order valence-corrected chi connectivity index (χ3v) is 7.15. The number of aliphatic hydroxyl groups is 1. The number of ether oxygens (including phenoxy) is 1. The fourth-order valence-corrected chi connectivity index (χ4v) is 5.17. The Morgan fingerprint density at radius 2 is 1.94 bits per heavy atom. The third kappa shape index (κ3) is 3.40. The van der Waals surface area contributed by atoms with Gasteiger partial charge in [-0.25, -0.2) is 9.78 Å². The van der Waals surface area contributed by atoms with Gasteiger partial charge in [-0.05, 0) is 56.5 Å². The molecule has 2 saturated heterocycles. The Kier molecular flexibility index (Phi) is 4.98. The molecule has 1 atom stereocenters. The van der Waals surface area contributed by atoms with E-state index in [-0.39, 0.29) is 23.9 Å². The molecule has 5 rings (SSSR count). The number of carbonyl (C=O) groups excluding carboxylic acids is 2. The fourth-order valence-electron chi connectivity index (χ4n) is 5.17. The molecular formula is C23H26N4O4. The van der Waals surface area contributed by atoms with Crippen LogP contribution in [0.25, 0.3) is 0 Å². The van der Waals surface area contributed by atoms with Crippen molar-refractivity contribution in [1.29, 1.82) is 0 Å². The van der Waals surface area contributed by atoms with Crippen molar-refractivity contribution in [3.05, 3.63) is 53.0 Å². The minimum atomic E-state index is -0.648. The van der Waals surface area contributed by atoms with Gasteiger partial charge < -0.3 is 14.7 Å². The lowest BCUT2D eigenvalue weighted by molar-refractivity contribution is -0.128. The predicted octanol–water partition coefficient (Wildman–Crippen LogP) is 2.01. The number of β-amino-alcohol motifs (C(OH)–C–C–N with tert-alkyl or cyclic N) is 1. The second kappa shape index (κ2) is 7.69. The monoisotopic (exact) mass is 422 g/mol. The van der Waals surface area contributed by atoms with E-state index in [9.17, 15) is 14.7 Å². The number of hydrogen-bond donors (Lipinski definition) is 1. The van der Waals surface area contributed by atoms with Gasteiger partial charge in [-0.1, -0.05) is 6.07 Å². The Bertz CT molecular complexity index is 1020. The second-order valence-electron chi connectivity index (χ2n) is 8.75. The highest BCUT2D eigenvalue weighted by Gasteiger charge is 2.49. The molecule has 1 N–H and O–H groups in total. The maximum Gasteiger partial charge on any atom is 0.338 e. The summed E-state index contributed by atoms with van der Waals surface area (Å²) >= 11 is 0. The normalized spacial score (nSPS) is 21.4. The molecule has 1 aromatic heterocycles. The van der Waals surface area contributed by atoms with Crippen molar-refractivity contribution in [3.63, 3.8) is 0 Å². The van der Waals surface area contributed by atoms with Crippen LogP contribution >= 0.6 is 0 Å². The standard InChI is InChI=1S/C23H26N4O4/c1-15-16(2-3-17-18(15)14-31-21(17)29)19(28)13-26-9-4-23(5-10-26)6-11-27(22(23)30)20-12-24-7-8-25-20/h2-3,7-8,12,19,28H,4-6,9-11,13-14H2,1H3. The predicted molar refractivity (Wildman–Crippen MR) is 112 cm³/mol. The number of piperidine rings is 1. The average Bonchev–Trinajstić information content (AvgIpc) is 3.32. The first kappa shape index (κ1) is 20.1. The topological polar surface area (TPSA) is 95.9 Å². The van der Waals surface area contributed by atoms with Gasteiger partial charge in [-0.3, -0.25) is 14.7 Å². The van der Waals surface area contributed by atoms with Crippen molar-refractivity contribution in [2.45, 2.75) is 38.9 Å². The second-order valence-corrected chi connectivity index (χ2v) is 8.75. The van der Waals surface area contributed by atoms with Gasteiger partial charge in [-0.15, -0.1) is 0 Å². The minimum absolute atomic E-state index is 0.146. The molecule has 2 aromatic rings. The van der Waals surface area contributed by atoms with E-state index < -0.39 is 6.10 Å². The molecule has 4 heterocycles. The van der Waals surface area contributed by atoms with Crippen molar-refractivity contribution in [2.75, 3.05) is 31.1 Å². The summed E-state index contributed by atoms with van der Waals surface area (Å²) in [5.74, 6) is 0.473. The number of nitrogens with zero attached hydrogens (tertiary/aromatic N) is 4. The van der Waals surface area contributed by atoms with E-state index in [4.69, 9.17) is 4.74 Å². The first-order chi connectivity index (χ1) is 15.0. The van der Waals surface area contributed by atoms with E-state index in [1.54, 1.807) is 29.6 Å². The van der Waals surface area contributed by atoms with Crippen LogP contribution in [0.4, 0.5) is 5.82 Å². The first-order valence-electron chi connectivity index (χ1n) is 10.8. The van der Waals surface area contributed by atoms with Crippen LogP contribution in [0.5, 0.6) is 0 Å². The maximum absolute atomic E-state index is 13.2. The summed E-state index contributed by atoms with van der Waals surface area (Å²) < 4.78 is 5.12. The van der Waals surface area contributed by atoms with Crippen LogP contribution in [0.15, 0.2) is 30.7 Å². The van der Waals surface area contributed by atoms with E-state index >= 15 is 0 Å². The molecule has 1 unspecified atom stereocenters. The summed E-state index contributed by atoms with van der Waals surface area (Å²) in [7, 11) is 0. The first-order valence-corrected chi connectivity index (χ1v) is 10.8. The highest BCUT2D eigenvalue weighted by atomic mass is 16.5. The van der Waals surface area contributed by atoms with Gasteiger partial charge in [0.15, 0.2) is 5.82 Å². The van der Waals surface area contributed by atoms with Crippen LogP contribution in [0.1, 0.15) is 52.4 Å². The number of aromatic nitrogens is 2. The van der Waals surface area contributed by atoms with Crippen molar-refractivity contribution in [2.24, 2.45) is 5.41 Å². The van der Waals surface area contributed by atoms with Gasteiger partial charge in [-0.2, -0.15) is 0 Å². The zero-order chi connectivity index (χ0) is 21.6. The van der Waals surface area contributed by atoms with E-state index in [0.717, 1.165) is 49.0 Å². The van der Waals surface area contributed by atoms with Crippen LogP contribution in [-0.2, 0) is 16.1 Å². The zero-order valence-electron chi connectivity index (χ0n) is 17.6. The molecule has 31 heavy (non-hydrogen) atoms. The summed E-state index contributed by atoms with van der Waals surface area (Å²) in [6, 6.07) is 3.58. The Balaban J connectivity index is 1.23. The van der Waals surface area contributed by atoms with Gasteiger partial charge >= 0.3 is 5.97 Å². The number of carbonyl (C=O) groups is 2. The molecule has 162 valence electrons. The largest absolute Gasteiger partial charge is 0.457 e. The number of likely N-dealkylation sites (tertiary alicyclic amines) is 1. The fraction of sp³-hybridized carbons (Fsp3) is 0.478. The summed E-state index contributed by atoms with van der Waals surface area (Å²) in [5, 5.41) is 10.9. The highest BCUT2D eigenvalue weighted by Crippen LogP contribution is 2.43. The Morgan fingerprint density at radius 1 is 1.16 bits per heavy atom. The number of amides is 1. The van der Waals surface area contributed by atoms with Crippen molar-refractivity contribution >= 4 is 17.7 Å². The van der Waals surface area contributed by atoms with Gasteiger partial charge in [0, 0.05) is 31.0 Å². The van der Waals surface area contributed by atoms with E-state index in [1.165, 1.54) is 0 Å². The van der Waals surface area contributed by atoms with Gasteiger partial charge in [0.05, 0.1) is 23.3 Å². The summed E-state index contributed by atoms with van der Waals surface area (Å²) in [4.78, 5) is 37.3. The lowest BCUT2D eigenvalue weighted by atomic mass is 9.77. The van der Waals surface area contributed by atoms with Gasteiger partial charge in [0.25, 0.3) is 0 Å². The molecule has 8 heteroatoms. The maximum atomic E-state index is 13.2. The lowest BCUT2D eigenvalue weighted by Crippen LogP contribution is -2.45.